The Labute approximate surface area is 45.6 Å². The van der Waals surface area contributed by atoms with Gasteiger partial charge in [0.2, 0.25) is 5.29 Å². The van der Waals surface area contributed by atoms with E-state index in [1.165, 1.54) is 6.92 Å². The zero-order valence-electron chi connectivity index (χ0n) is 3.13. The Kier molecular flexibility index (Phi) is 2.53. The van der Waals surface area contributed by atoms with Crippen molar-refractivity contribution in [3.63, 3.8) is 0 Å². The normalized spacial score (nSPS) is 14.0. The lowest BCUT2D eigenvalue weighted by molar-refractivity contribution is 0.690. The minimum absolute atomic E-state index is 0.00309. The molecule has 0 aliphatic heterocycles. The average Bonchev–Trinajstić information content (AvgIpc) is 1.36. The lowest BCUT2D eigenvalue weighted by Crippen LogP contribution is -1.55. The fraction of sp³-hybridized carbons (Fsp3) is 0.333. The van der Waals surface area contributed by atoms with Crippen molar-refractivity contribution in [3.8, 4) is 0 Å². The molecule has 0 heterocycles. The zero-order valence-corrected chi connectivity index (χ0v) is 4.65. The molecule has 0 nitrogen and oxygen atoms in total. The third-order valence-electron chi connectivity index (χ3n) is 0.260. The van der Waals surface area contributed by atoms with Gasteiger partial charge in [-0.25, -0.2) is 0 Å². The first-order valence-electron chi connectivity index (χ1n) is 1.32. The molecule has 0 bridgehead atoms. The number of rotatable bonds is 0. The Morgan fingerprint density at radius 3 is 1.67 bits per heavy atom. The van der Waals surface area contributed by atoms with Gasteiger partial charge in [-0.2, -0.15) is 4.39 Å². The maximum Gasteiger partial charge on any atom is 0.203 e. The van der Waals surface area contributed by atoms with Gasteiger partial charge in [-0.3, -0.25) is 0 Å². The number of hydrogen-bond acceptors (Lipinski definition) is 0. The van der Waals surface area contributed by atoms with Crippen LogP contribution in [0.15, 0.2) is 10.3 Å². The van der Waals surface area contributed by atoms with Gasteiger partial charge in [-0.05, 0) is 18.5 Å². The zero-order chi connectivity index (χ0) is 5.15. The summed E-state index contributed by atoms with van der Waals surface area (Å²) in [4.78, 5) is 0. The smallest absolute Gasteiger partial charge is 0.192 e. The summed E-state index contributed by atoms with van der Waals surface area (Å²) in [5, 5.41) is -0.840. The van der Waals surface area contributed by atoms with Gasteiger partial charge in [0.05, 0.1) is 5.03 Å². The third kappa shape index (κ3) is 2.49. The van der Waals surface area contributed by atoms with Crippen LogP contribution in [0.2, 0.25) is 0 Å². The molecule has 0 saturated heterocycles. The number of halogens is 3. The van der Waals surface area contributed by atoms with Gasteiger partial charge in [0.15, 0.2) is 0 Å². The summed E-state index contributed by atoms with van der Waals surface area (Å²) >= 11 is 9.68. The largest absolute Gasteiger partial charge is 0.203 e. The molecule has 3 heteroatoms. The minimum atomic E-state index is -0.836. The lowest BCUT2D eigenvalue weighted by atomic mass is 10.7. The van der Waals surface area contributed by atoms with Crippen molar-refractivity contribution in [1.29, 1.82) is 0 Å². The molecule has 36 valence electrons. The molecule has 0 radical (unpaired) electrons. The second-order valence-corrected chi connectivity index (χ2v) is 1.69. The summed E-state index contributed by atoms with van der Waals surface area (Å²) < 4.78 is 11.3. The predicted octanol–water partition coefficient (Wildman–Crippen LogP) is 2.62. The maximum atomic E-state index is 11.3. The summed E-state index contributed by atoms with van der Waals surface area (Å²) in [6.45, 7) is 1.38. The molecule has 0 fully saturated rings. The molecule has 0 spiro atoms. The Morgan fingerprint density at radius 2 is 1.67 bits per heavy atom. The molecule has 0 unspecified atom stereocenters. The number of allylic oxidation sites excluding steroid dienone is 1. The molecule has 6 heavy (non-hydrogen) atoms. The highest BCUT2D eigenvalue weighted by Gasteiger charge is 1.87. The first-order chi connectivity index (χ1) is 2.64. The van der Waals surface area contributed by atoms with Crippen molar-refractivity contribution in [2.75, 3.05) is 0 Å². The highest BCUT2D eigenvalue weighted by atomic mass is 35.5. The van der Waals surface area contributed by atoms with Gasteiger partial charge >= 0.3 is 0 Å². The molecule has 0 aliphatic carbocycles. The van der Waals surface area contributed by atoms with Gasteiger partial charge in [-0.15, -0.1) is 0 Å². The van der Waals surface area contributed by atoms with Gasteiger partial charge in [0.25, 0.3) is 0 Å². The summed E-state index contributed by atoms with van der Waals surface area (Å²) in [6, 6.07) is 0. The highest BCUT2D eigenvalue weighted by molar-refractivity contribution is 6.37. The molecular weight excluding hydrogens is 126 g/mol. The standard InChI is InChI=1S/C3H3Cl2F/c1-2(4)3(5)6/h1H3. The highest BCUT2D eigenvalue weighted by Crippen LogP contribution is 2.12. The van der Waals surface area contributed by atoms with Gasteiger partial charge < -0.3 is 0 Å². The lowest BCUT2D eigenvalue weighted by Gasteiger charge is -1.77. The van der Waals surface area contributed by atoms with Crippen LogP contribution in [0.4, 0.5) is 4.39 Å². The maximum absolute atomic E-state index is 11.3. The average molecular weight is 129 g/mol. The molecule has 0 aromatic rings. The van der Waals surface area contributed by atoms with Crippen LogP contribution in [0, 0.1) is 0 Å². The van der Waals surface area contributed by atoms with E-state index in [-0.39, 0.29) is 5.03 Å². The molecule has 0 atom stereocenters. The van der Waals surface area contributed by atoms with Crippen LogP contribution in [0.3, 0.4) is 0 Å². The van der Waals surface area contributed by atoms with Gasteiger partial charge in [-0.1, -0.05) is 11.6 Å². The van der Waals surface area contributed by atoms with Crippen molar-refractivity contribution >= 4 is 23.2 Å². The van der Waals surface area contributed by atoms with Crippen LogP contribution >= 0.6 is 23.2 Å². The van der Waals surface area contributed by atoms with E-state index in [9.17, 15) is 4.39 Å². The molecule has 0 aliphatic rings. The van der Waals surface area contributed by atoms with E-state index in [1.54, 1.807) is 0 Å². The van der Waals surface area contributed by atoms with Crippen molar-refractivity contribution in [2.45, 2.75) is 6.92 Å². The molecule has 0 aromatic heterocycles. The fourth-order valence-electron chi connectivity index (χ4n) is 0. The molecule has 0 aromatic carbocycles. The monoisotopic (exact) mass is 128 g/mol. The Balaban J connectivity index is 3.68. The summed E-state index contributed by atoms with van der Waals surface area (Å²) in [5.41, 5.74) is 0. The van der Waals surface area contributed by atoms with Crippen molar-refractivity contribution in [3.05, 3.63) is 10.3 Å². The fourth-order valence-corrected chi connectivity index (χ4v) is 0. The van der Waals surface area contributed by atoms with Crippen molar-refractivity contribution in [1.82, 2.24) is 0 Å². The van der Waals surface area contributed by atoms with Crippen LogP contribution in [-0.2, 0) is 0 Å². The van der Waals surface area contributed by atoms with Gasteiger partial charge in [0, 0.05) is 0 Å². The Morgan fingerprint density at radius 1 is 1.50 bits per heavy atom. The molecular formula is C3H3Cl2F. The van der Waals surface area contributed by atoms with Crippen molar-refractivity contribution in [2.24, 2.45) is 0 Å². The predicted molar refractivity (Wildman–Crippen MR) is 25.5 cm³/mol. The molecule has 0 rings (SSSR count). The SMILES string of the molecule is CC(Cl)=C(F)Cl. The van der Waals surface area contributed by atoms with E-state index in [0.29, 0.717) is 0 Å². The van der Waals surface area contributed by atoms with Crippen molar-refractivity contribution < 1.29 is 4.39 Å². The number of hydrogen-bond donors (Lipinski definition) is 0. The molecule has 0 N–H and O–H groups in total. The summed E-state index contributed by atoms with van der Waals surface area (Å²) in [6.07, 6.45) is 0. The van der Waals surface area contributed by atoms with Gasteiger partial charge in [0.1, 0.15) is 0 Å². The van der Waals surface area contributed by atoms with E-state index >= 15 is 0 Å². The van der Waals surface area contributed by atoms with E-state index in [0.717, 1.165) is 0 Å². The second kappa shape index (κ2) is 2.43. The van der Waals surface area contributed by atoms with Crippen LogP contribution in [0.1, 0.15) is 6.92 Å². The Hall–Kier alpha value is 0.250. The van der Waals surface area contributed by atoms with Crippen LogP contribution in [-0.4, -0.2) is 0 Å². The van der Waals surface area contributed by atoms with Crippen LogP contribution < -0.4 is 0 Å². The van der Waals surface area contributed by atoms with E-state index in [1.807, 2.05) is 0 Å². The molecule has 0 saturated carbocycles. The van der Waals surface area contributed by atoms with E-state index in [4.69, 9.17) is 23.2 Å². The summed E-state index contributed by atoms with van der Waals surface area (Å²) in [7, 11) is 0. The first kappa shape index (κ1) is 6.25. The molecule has 0 amide bonds. The summed E-state index contributed by atoms with van der Waals surface area (Å²) in [5.74, 6) is 0. The minimum Gasteiger partial charge on any atom is -0.192 e. The van der Waals surface area contributed by atoms with E-state index < -0.39 is 5.29 Å². The van der Waals surface area contributed by atoms with E-state index in [2.05, 4.69) is 0 Å². The Bertz CT molecular complexity index is 58.9. The van der Waals surface area contributed by atoms with Crippen LogP contribution in [0.25, 0.3) is 0 Å². The topological polar surface area (TPSA) is 0 Å². The third-order valence-corrected chi connectivity index (χ3v) is 0.807. The second-order valence-electron chi connectivity index (χ2n) is 0.794. The van der Waals surface area contributed by atoms with Crippen LogP contribution in [0.5, 0.6) is 0 Å². The first-order valence-corrected chi connectivity index (χ1v) is 2.07. The quantitative estimate of drug-likeness (QED) is 0.471.